The second-order valence-electron chi connectivity index (χ2n) is 8.56. The van der Waals surface area contributed by atoms with Gasteiger partial charge in [0.1, 0.15) is 0 Å². The number of nitrogens with one attached hydrogen (secondary N) is 1. The van der Waals surface area contributed by atoms with Crippen LogP contribution in [0.4, 0.5) is 0 Å². The standard InChI is InChI=1S/C21H30N4O3/c1-16(26)22-8-7-20(28)24-14-21(15-24)13-23(10-17-5-3-2-4-6-17)11-18-9-19(27)12-25(18)21/h2-6,18-19,27H,7-15H2,1H3,(H,22,26)/t18-,19-/m1/s1. The van der Waals surface area contributed by atoms with E-state index in [1.165, 1.54) is 12.5 Å². The van der Waals surface area contributed by atoms with E-state index >= 15 is 0 Å². The smallest absolute Gasteiger partial charge is 0.224 e. The largest absolute Gasteiger partial charge is 0.392 e. The normalized spacial score (nSPS) is 26.7. The lowest BCUT2D eigenvalue weighted by molar-refractivity contribution is -0.156. The molecule has 0 radical (unpaired) electrons. The number of aliphatic hydroxyl groups excluding tert-OH is 1. The van der Waals surface area contributed by atoms with Gasteiger partial charge in [-0.1, -0.05) is 30.3 Å². The van der Waals surface area contributed by atoms with Gasteiger partial charge in [-0.3, -0.25) is 19.4 Å². The molecule has 2 amide bonds. The van der Waals surface area contributed by atoms with Crippen molar-refractivity contribution in [3.05, 3.63) is 35.9 Å². The van der Waals surface area contributed by atoms with Crippen molar-refractivity contribution in [1.82, 2.24) is 20.0 Å². The first-order valence-electron chi connectivity index (χ1n) is 10.2. The quantitative estimate of drug-likeness (QED) is 0.748. The van der Waals surface area contributed by atoms with Crippen LogP contribution in [0, 0.1) is 0 Å². The molecule has 3 aliphatic heterocycles. The predicted molar refractivity (Wildman–Crippen MR) is 105 cm³/mol. The summed E-state index contributed by atoms with van der Waals surface area (Å²) in [5.41, 5.74) is 1.24. The second kappa shape index (κ2) is 7.81. The Labute approximate surface area is 166 Å². The SMILES string of the molecule is CC(=O)NCCC(=O)N1CC2(CN(Cc3ccccc3)C[C@H]3C[C@@H](O)CN32)C1. The van der Waals surface area contributed by atoms with Crippen molar-refractivity contribution in [2.24, 2.45) is 0 Å². The molecule has 7 heteroatoms. The van der Waals surface area contributed by atoms with E-state index in [0.717, 1.165) is 26.1 Å². The topological polar surface area (TPSA) is 76.1 Å². The highest BCUT2D eigenvalue weighted by Crippen LogP contribution is 2.39. The number of β-amino-alcohol motifs (C(OH)–C–C–N with tert-alkyl or cyclic N) is 1. The van der Waals surface area contributed by atoms with Crippen molar-refractivity contribution in [2.75, 3.05) is 39.3 Å². The molecule has 2 atom stereocenters. The molecule has 4 rings (SSSR count). The predicted octanol–water partition coefficient (Wildman–Crippen LogP) is 0.0446. The lowest BCUT2D eigenvalue weighted by Gasteiger charge is -2.61. The molecule has 0 aliphatic carbocycles. The van der Waals surface area contributed by atoms with Crippen LogP contribution in [0.15, 0.2) is 30.3 Å². The first-order valence-corrected chi connectivity index (χ1v) is 10.2. The minimum Gasteiger partial charge on any atom is -0.392 e. The Balaban J connectivity index is 1.40. The number of carbonyl (C=O) groups is 2. The number of hydrogen-bond donors (Lipinski definition) is 2. The Bertz CT molecular complexity index is 720. The third-order valence-corrected chi connectivity index (χ3v) is 6.27. The maximum atomic E-state index is 12.5. The Morgan fingerprint density at radius 3 is 2.64 bits per heavy atom. The third kappa shape index (κ3) is 3.92. The van der Waals surface area contributed by atoms with E-state index < -0.39 is 0 Å². The molecule has 152 valence electrons. The number of likely N-dealkylation sites (tertiary alicyclic amines) is 1. The van der Waals surface area contributed by atoms with Gasteiger partial charge >= 0.3 is 0 Å². The molecule has 3 aliphatic rings. The number of piperazine rings is 1. The summed E-state index contributed by atoms with van der Waals surface area (Å²) in [7, 11) is 0. The molecule has 0 saturated carbocycles. The average molecular weight is 386 g/mol. The molecule has 3 fully saturated rings. The highest BCUT2D eigenvalue weighted by molar-refractivity contribution is 5.79. The van der Waals surface area contributed by atoms with Gasteiger partial charge in [0.2, 0.25) is 11.8 Å². The van der Waals surface area contributed by atoms with E-state index in [2.05, 4.69) is 39.4 Å². The zero-order valence-corrected chi connectivity index (χ0v) is 16.5. The van der Waals surface area contributed by atoms with Gasteiger partial charge in [0, 0.05) is 65.2 Å². The van der Waals surface area contributed by atoms with Gasteiger partial charge in [-0.25, -0.2) is 0 Å². The summed E-state index contributed by atoms with van der Waals surface area (Å²) in [5, 5.41) is 12.9. The molecule has 1 spiro atoms. The summed E-state index contributed by atoms with van der Waals surface area (Å²) in [6.07, 6.45) is 0.877. The maximum absolute atomic E-state index is 12.5. The van der Waals surface area contributed by atoms with Crippen molar-refractivity contribution in [2.45, 2.75) is 44.0 Å². The monoisotopic (exact) mass is 386 g/mol. The number of carbonyl (C=O) groups excluding carboxylic acids is 2. The van der Waals surface area contributed by atoms with Crippen molar-refractivity contribution in [3.63, 3.8) is 0 Å². The molecule has 0 unspecified atom stereocenters. The van der Waals surface area contributed by atoms with E-state index in [4.69, 9.17) is 0 Å². The summed E-state index contributed by atoms with van der Waals surface area (Å²) in [4.78, 5) is 30.3. The average Bonchev–Trinajstić information content (AvgIpc) is 3.00. The highest BCUT2D eigenvalue weighted by Gasteiger charge is 2.56. The number of benzene rings is 1. The zero-order valence-electron chi connectivity index (χ0n) is 16.5. The molecular weight excluding hydrogens is 356 g/mol. The first-order chi connectivity index (χ1) is 13.4. The van der Waals surface area contributed by atoms with E-state index in [-0.39, 0.29) is 23.5 Å². The van der Waals surface area contributed by atoms with Crippen molar-refractivity contribution in [3.8, 4) is 0 Å². The van der Waals surface area contributed by atoms with Crippen molar-refractivity contribution in [1.29, 1.82) is 0 Å². The van der Waals surface area contributed by atoms with Crippen LogP contribution in [-0.2, 0) is 16.1 Å². The van der Waals surface area contributed by atoms with Crippen LogP contribution in [0.5, 0.6) is 0 Å². The molecule has 0 bridgehead atoms. The van der Waals surface area contributed by atoms with Crippen molar-refractivity contribution >= 4 is 11.8 Å². The maximum Gasteiger partial charge on any atom is 0.224 e. The van der Waals surface area contributed by atoms with Gasteiger partial charge in [-0.05, 0) is 12.0 Å². The van der Waals surface area contributed by atoms with Crippen LogP contribution >= 0.6 is 0 Å². The summed E-state index contributed by atoms with van der Waals surface area (Å²) in [5.74, 6) is -0.0125. The molecule has 3 heterocycles. The van der Waals surface area contributed by atoms with Gasteiger partial charge in [-0.15, -0.1) is 0 Å². The van der Waals surface area contributed by atoms with Gasteiger partial charge in [0.25, 0.3) is 0 Å². The van der Waals surface area contributed by atoms with E-state index in [0.29, 0.717) is 38.6 Å². The van der Waals surface area contributed by atoms with E-state index in [1.54, 1.807) is 0 Å². The summed E-state index contributed by atoms with van der Waals surface area (Å²) < 4.78 is 0. The Morgan fingerprint density at radius 1 is 1.18 bits per heavy atom. The minimum atomic E-state index is -0.275. The molecular formula is C21H30N4O3. The molecule has 7 nitrogen and oxygen atoms in total. The van der Waals surface area contributed by atoms with Crippen LogP contribution in [0.1, 0.15) is 25.3 Å². The molecule has 3 saturated heterocycles. The Hall–Kier alpha value is -1.96. The molecule has 28 heavy (non-hydrogen) atoms. The minimum absolute atomic E-state index is 0.0567. The van der Waals surface area contributed by atoms with Gasteiger partial charge < -0.3 is 15.3 Å². The molecule has 1 aromatic carbocycles. The molecule has 2 N–H and O–H groups in total. The fraction of sp³-hybridized carbons (Fsp3) is 0.619. The lowest BCUT2D eigenvalue weighted by Crippen LogP contribution is -2.78. The van der Waals surface area contributed by atoms with E-state index in [1.807, 2.05) is 11.0 Å². The second-order valence-corrected chi connectivity index (χ2v) is 8.56. The summed E-state index contributed by atoms with van der Waals surface area (Å²) in [6, 6.07) is 10.8. The summed E-state index contributed by atoms with van der Waals surface area (Å²) in [6.45, 7) is 6.76. The zero-order chi connectivity index (χ0) is 19.7. The number of fused-ring (bicyclic) bond motifs is 2. The van der Waals surface area contributed by atoms with Crippen LogP contribution in [0.3, 0.4) is 0 Å². The van der Waals surface area contributed by atoms with Gasteiger partial charge in [0.05, 0.1) is 11.6 Å². The summed E-state index contributed by atoms with van der Waals surface area (Å²) >= 11 is 0. The number of rotatable bonds is 5. The van der Waals surface area contributed by atoms with Crippen LogP contribution in [0.25, 0.3) is 0 Å². The lowest BCUT2D eigenvalue weighted by atomic mass is 9.83. The fourth-order valence-electron chi connectivity index (χ4n) is 5.10. The number of amides is 2. The Kier molecular flexibility index (Phi) is 5.40. The van der Waals surface area contributed by atoms with Gasteiger partial charge in [-0.2, -0.15) is 0 Å². The van der Waals surface area contributed by atoms with E-state index in [9.17, 15) is 14.7 Å². The molecule has 0 aromatic heterocycles. The first kappa shape index (κ1) is 19.4. The molecule has 1 aromatic rings. The number of hydrogen-bond acceptors (Lipinski definition) is 5. The van der Waals surface area contributed by atoms with Crippen LogP contribution in [-0.4, -0.2) is 88.6 Å². The van der Waals surface area contributed by atoms with Crippen LogP contribution < -0.4 is 5.32 Å². The van der Waals surface area contributed by atoms with Crippen molar-refractivity contribution < 1.29 is 14.7 Å². The highest BCUT2D eigenvalue weighted by atomic mass is 16.3. The third-order valence-electron chi connectivity index (χ3n) is 6.27. The Morgan fingerprint density at radius 2 is 1.93 bits per heavy atom. The number of nitrogens with zero attached hydrogens (tertiary/aromatic N) is 3. The fourth-order valence-corrected chi connectivity index (χ4v) is 5.10. The van der Waals surface area contributed by atoms with Gasteiger partial charge in [0.15, 0.2) is 0 Å². The van der Waals surface area contributed by atoms with Crippen LogP contribution in [0.2, 0.25) is 0 Å². The number of aliphatic hydroxyl groups is 1.